The summed E-state index contributed by atoms with van der Waals surface area (Å²) in [7, 11) is 0. The zero-order valence-electron chi connectivity index (χ0n) is 15.3. The van der Waals surface area contributed by atoms with E-state index in [2.05, 4.69) is 6.92 Å². The number of hydroxylamine groups is 2. The molecule has 0 spiro atoms. The molecular formula is C20H27NO4. The molecule has 1 aromatic carbocycles. The van der Waals surface area contributed by atoms with E-state index in [1.807, 2.05) is 13.8 Å². The lowest BCUT2D eigenvalue weighted by Gasteiger charge is -2.28. The zero-order valence-corrected chi connectivity index (χ0v) is 15.3. The second-order valence-electron chi connectivity index (χ2n) is 6.95. The summed E-state index contributed by atoms with van der Waals surface area (Å²) >= 11 is 0. The van der Waals surface area contributed by atoms with E-state index < -0.39 is 23.2 Å². The minimum absolute atomic E-state index is 0.278. The molecule has 0 aromatic heterocycles. The predicted molar refractivity (Wildman–Crippen MR) is 94.8 cm³/mol. The van der Waals surface area contributed by atoms with Gasteiger partial charge in [-0.15, -0.1) is 0 Å². The molecule has 1 heterocycles. The SMILES string of the molecule is CCCCCCC(C)(CCC)C(=O)ON1C(=O)c2ccccc2C1=O. The minimum Gasteiger partial charge on any atom is -0.329 e. The molecule has 1 aliphatic heterocycles. The Balaban J connectivity index is 2.08. The van der Waals surface area contributed by atoms with E-state index in [4.69, 9.17) is 4.84 Å². The molecule has 0 saturated heterocycles. The number of hydrogen-bond acceptors (Lipinski definition) is 4. The van der Waals surface area contributed by atoms with Gasteiger partial charge in [-0.2, -0.15) is 0 Å². The Morgan fingerprint density at radius 3 is 2.08 bits per heavy atom. The van der Waals surface area contributed by atoms with E-state index in [1.54, 1.807) is 24.3 Å². The maximum absolute atomic E-state index is 12.7. The van der Waals surface area contributed by atoms with Gasteiger partial charge in [0.15, 0.2) is 0 Å². The van der Waals surface area contributed by atoms with Crippen molar-refractivity contribution in [3.05, 3.63) is 35.4 Å². The molecule has 1 aliphatic rings. The molecule has 5 heteroatoms. The van der Waals surface area contributed by atoms with Gasteiger partial charge >= 0.3 is 5.97 Å². The molecule has 0 saturated carbocycles. The Bertz CT molecular complexity index is 620. The normalized spacial score (nSPS) is 15.9. The smallest absolute Gasteiger partial charge is 0.329 e. The van der Waals surface area contributed by atoms with Crippen molar-refractivity contribution < 1.29 is 19.2 Å². The van der Waals surface area contributed by atoms with Crippen molar-refractivity contribution in [2.45, 2.75) is 65.7 Å². The molecule has 5 nitrogen and oxygen atoms in total. The molecule has 0 bridgehead atoms. The van der Waals surface area contributed by atoms with Crippen LogP contribution in [0.25, 0.3) is 0 Å². The average molecular weight is 345 g/mol. The first kappa shape index (κ1) is 19.2. The van der Waals surface area contributed by atoms with Crippen molar-refractivity contribution in [2.24, 2.45) is 5.41 Å². The van der Waals surface area contributed by atoms with Gasteiger partial charge in [0, 0.05) is 0 Å². The highest BCUT2D eigenvalue weighted by atomic mass is 16.7. The van der Waals surface area contributed by atoms with Gasteiger partial charge in [-0.25, -0.2) is 4.79 Å². The van der Waals surface area contributed by atoms with Crippen LogP contribution in [0.4, 0.5) is 0 Å². The molecule has 1 atom stereocenters. The van der Waals surface area contributed by atoms with Gasteiger partial charge in [0.2, 0.25) is 0 Å². The summed E-state index contributed by atoms with van der Waals surface area (Å²) in [5, 5.41) is 0.618. The van der Waals surface area contributed by atoms with Crippen molar-refractivity contribution in [2.75, 3.05) is 0 Å². The highest BCUT2D eigenvalue weighted by Crippen LogP contribution is 2.33. The van der Waals surface area contributed by atoms with Crippen molar-refractivity contribution in [1.82, 2.24) is 5.06 Å². The Labute approximate surface area is 149 Å². The maximum atomic E-state index is 12.7. The Morgan fingerprint density at radius 1 is 0.960 bits per heavy atom. The Kier molecular flexibility index (Phi) is 6.34. The number of nitrogens with zero attached hydrogens (tertiary/aromatic N) is 1. The van der Waals surface area contributed by atoms with E-state index in [1.165, 1.54) is 0 Å². The van der Waals surface area contributed by atoms with Crippen LogP contribution in [0.5, 0.6) is 0 Å². The second-order valence-corrected chi connectivity index (χ2v) is 6.95. The number of fused-ring (bicyclic) bond motifs is 1. The monoisotopic (exact) mass is 345 g/mol. The van der Waals surface area contributed by atoms with Crippen LogP contribution in [0.2, 0.25) is 0 Å². The summed E-state index contributed by atoms with van der Waals surface area (Å²) in [4.78, 5) is 42.7. The molecule has 136 valence electrons. The number of unbranched alkanes of at least 4 members (excludes halogenated alkanes) is 3. The van der Waals surface area contributed by atoms with Crippen molar-refractivity contribution in [1.29, 1.82) is 0 Å². The van der Waals surface area contributed by atoms with Gasteiger partial charge in [-0.05, 0) is 31.9 Å². The van der Waals surface area contributed by atoms with Gasteiger partial charge < -0.3 is 4.84 Å². The van der Waals surface area contributed by atoms with Gasteiger partial charge in [0.25, 0.3) is 11.8 Å². The van der Waals surface area contributed by atoms with Crippen LogP contribution < -0.4 is 0 Å². The Morgan fingerprint density at radius 2 is 1.56 bits per heavy atom. The van der Waals surface area contributed by atoms with Crippen molar-refractivity contribution in [3.8, 4) is 0 Å². The van der Waals surface area contributed by atoms with Crippen LogP contribution in [-0.4, -0.2) is 22.8 Å². The summed E-state index contributed by atoms with van der Waals surface area (Å²) in [6.45, 7) is 6.02. The lowest BCUT2D eigenvalue weighted by Crippen LogP contribution is -2.39. The topological polar surface area (TPSA) is 63.7 Å². The molecule has 0 fully saturated rings. The summed E-state index contributed by atoms with van der Waals surface area (Å²) < 4.78 is 0. The molecule has 25 heavy (non-hydrogen) atoms. The summed E-state index contributed by atoms with van der Waals surface area (Å²) in [5.41, 5.74) is -0.126. The van der Waals surface area contributed by atoms with E-state index >= 15 is 0 Å². The van der Waals surface area contributed by atoms with Gasteiger partial charge in [0.05, 0.1) is 16.5 Å². The van der Waals surface area contributed by atoms with Gasteiger partial charge in [0.1, 0.15) is 0 Å². The number of carbonyl (C=O) groups excluding carboxylic acids is 3. The molecule has 0 aliphatic carbocycles. The number of amides is 2. The van der Waals surface area contributed by atoms with E-state index in [0.29, 0.717) is 17.9 Å². The zero-order chi connectivity index (χ0) is 18.4. The fourth-order valence-electron chi connectivity index (χ4n) is 3.27. The molecule has 1 unspecified atom stereocenters. The maximum Gasteiger partial charge on any atom is 0.339 e. The molecule has 0 radical (unpaired) electrons. The van der Waals surface area contributed by atoms with Gasteiger partial charge in [-0.1, -0.05) is 63.1 Å². The Hall–Kier alpha value is -2.17. The fraction of sp³-hybridized carbons (Fsp3) is 0.550. The van der Waals surface area contributed by atoms with Crippen LogP contribution in [0.1, 0.15) is 86.4 Å². The first-order valence-corrected chi connectivity index (χ1v) is 9.14. The average Bonchev–Trinajstić information content (AvgIpc) is 2.84. The first-order valence-electron chi connectivity index (χ1n) is 9.14. The number of benzene rings is 1. The third kappa shape index (κ3) is 4.09. The van der Waals surface area contributed by atoms with Crippen LogP contribution in [0, 0.1) is 5.41 Å². The molecule has 2 rings (SSSR count). The molecule has 2 amide bonds. The summed E-state index contributed by atoms with van der Waals surface area (Å²) in [6.07, 6.45) is 6.46. The number of carbonyl (C=O) groups is 3. The molecule has 1 aromatic rings. The molecular weight excluding hydrogens is 318 g/mol. The minimum atomic E-state index is -0.683. The largest absolute Gasteiger partial charge is 0.339 e. The first-order chi connectivity index (χ1) is 11.9. The summed E-state index contributed by atoms with van der Waals surface area (Å²) in [6, 6.07) is 6.51. The summed E-state index contributed by atoms with van der Waals surface area (Å²) in [5.74, 6) is -1.64. The molecule has 0 N–H and O–H groups in total. The fourth-order valence-corrected chi connectivity index (χ4v) is 3.27. The second kappa shape index (κ2) is 8.28. The van der Waals surface area contributed by atoms with Crippen LogP contribution in [0.15, 0.2) is 24.3 Å². The van der Waals surface area contributed by atoms with Crippen LogP contribution in [0.3, 0.4) is 0 Å². The standard InChI is InChI=1S/C20H27NO4/c1-4-6-7-10-14-20(3,13-5-2)19(24)25-21-17(22)15-11-8-9-12-16(15)18(21)23/h8-9,11-12H,4-7,10,13-14H2,1-3H3. The third-order valence-electron chi connectivity index (χ3n) is 4.81. The van der Waals surface area contributed by atoms with E-state index in [9.17, 15) is 14.4 Å². The van der Waals surface area contributed by atoms with E-state index in [0.717, 1.165) is 32.1 Å². The van der Waals surface area contributed by atoms with Crippen molar-refractivity contribution >= 4 is 17.8 Å². The highest BCUT2D eigenvalue weighted by molar-refractivity contribution is 6.20. The lowest BCUT2D eigenvalue weighted by atomic mass is 9.80. The number of imide groups is 1. The lowest BCUT2D eigenvalue weighted by molar-refractivity contribution is -0.181. The quantitative estimate of drug-likeness (QED) is 0.488. The highest BCUT2D eigenvalue weighted by Gasteiger charge is 2.42. The number of hydrogen-bond donors (Lipinski definition) is 0. The predicted octanol–water partition coefficient (Wildman–Crippen LogP) is 4.52. The van der Waals surface area contributed by atoms with Gasteiger partial charge in [-0.3, -0.25) is 9.59 Å². The number of rotatable bonds is 9. The van der Waals surface area contributed by atoms with E-state index in [-0.39, 0.29) is 11.1 Å². The third-order valence-corrected chi connectivity index (χ3v) is 4.81. The van der Waals surface area contributed by atoms with Crippen molar-refractivity contribution in [3.63, 3.8) is 0 Å². The van der Waals surface area contributed by atoms with Crippen LogP contribution in [-0.2, 0) is 9.63 Å². The van der Waals surface area contributed by atoms with Crippen LogP contribution >= 0.6 is 0 Å².